The zero-order valence-corrected chi connectivity index (χ0v) is 15.5. The van der Waals surface area contributed by atoms with Crippen LogP contribution in [0.15, 0.2) is 18.3 Å². The normalized spacial score (nSPS) is 20.9. The number of likely N-dealkylation sites (tertiary alicyclic amines) is 1. The molecule has 1 aromatic rings. The van der Waals surface area contributed by atoms with Crippen LogP contribution in [0.1, 0.15) is 32.3 Å². The van der Waals surface area contributed by atoms with E-state index in [0.717, 1.165) is 25.0 Å². The first-order valence-electron chi connectivity index (χ1n) is 8.88. The van der Waals surface area contributed by atoms with Crippen molar-refractivity contribution in [3.8, 4) is 5.88 Å². The third-order valence-corrected chi connectivity index (χ3v) is 5.38. The Morgan fingerprint density at radius 2 is 2.07 bits per heavy atom. The zero-order valence-electron chi connectivity index (χ0n) is 15.5. The summed E-state index contributed by atoms with van der Waals surface area (Å²) in [7, 11) is 0. The monoisotopic (exact) mass is 401 g/mol. The van der Waals surface area contributed by atoms with Gasteiger partial charge in [-0.15, -0.1) is 0 Å². The molecule has 28 heavy (non-hydrogen) atoms. The van der Waals surface area contributed by atoms with E-state index in [0.29, 0.717) is 6.54 Å². The van der Waals surface area contributed by atoms with Crippen molar-refractivity contribution in [3.05, 3.63) is 23.9 Å². The number of carbonyl (C=O) groups is 2. The van der Waals surface area contributed by atoms with E-state index in [4.69, 9.17) is 4.74 Å². The average molecular weight is 401 g/mol. The summed E-state index contributed by atoms with van der Waals surface area (Å²) in [5.74, 6) is -0.979. The Balaban J connectivity index is 1.64. The smallest absolute Gasteiger partial charge is 0.421 e. The first kappa shape index (κ1) is 20.2. The number of aromatic nitrogens is 1. The van der Waals surface area contributed by atoms with Gasteiger partial charge in [-0.25, -0.2) is 9.78 Å². The highest BCUT2D eigenvalue weighted by Gasteiger charge is 2.57. The molecule has 2 N–H and O–H groups in total. The van der Waals surface area contributed by atoms with E-state index in [-0.39, 0.29) is 24.6 Å². The van der Waals surface area contributed by atoms with E-state index in [2.05, 4.69) is 10.3 Å². The highest BCUT2D eigenvalue weighted by molar-refractivity contribution is 5.82. The Morgan fingerprint density at radius 1 is 1.39 bits per heavy atom. The fraction of sp³-hybridized carbons (Fsp3) is 0.611. The van der Waals surface area contributed by atoms with Gasteiger partial charge in [0.1, 0.15) is 12.2 Å². The lowest BCUT2D eigenvalue weighted by Gasteiger charge is -2.28. The van der Waals surface area contributed by atoms with Crippen molar-refractivity contribution in [2.24, 2.45) is 10.8 Å². The summed E-state index contributed by atoms with van der Waals surface area (Å²) in [5, 5.41) is 12.1. The highest BCUT2D eigenvalue weighted by atomic mass is 19.4. The minimum absolute atomic E-state index is 0.205. The van der Waals surface area contributed by atoms with E-state index >= 15 is 0 Å². The molecule has 3 rings (SSSR count). The Kier molecular flexibility index (Phi) is 4.93. The number of halogens is 3. The van der Waals surface area contributed by atoms with Crippen LogP contribution in [0.25, 0.3) is 0 Å². The van der Waals surface area contributed by atoms with Gasteiger partial charge in [0.15, 0.2) is 0 Å². The van der Waals surface area contributed by atoms with Gasteiger partial charge in [-0.3, -0.25) is 4.79 Å². The summed E-state index contributed by atoms with van der Waals surface area (Å²) in [6.45, 7) is 3.40. The second-order valence-electron chi connectivity index (χ2n) is 8.08. The summed E-state index contributed by atoms with van der Waals surface area (Å²) < 4.78 is 44.4. The lowest BCUT2D eigenvalue weighted by atomic mass is 9.91. The van der Waals surface area contributed by atoms with Crippen LogP contribution in [-0.2, 0) is 11.0 Å². The molecule has 154 valence electrons. The molecule has 0 unspecified atom stereocenters. The maximum atomic E-state index is 13.0. The van der Waals surface area contributed by atoms with Crippen molar-refractivity contribution >= 4 is 12.0 Å². The molecule has 1 atom stereocenters. The second kappa shape index (κ2) is 6.82. The summed E-state index contributed by atoms with van der Waals surface area (Å²) in [6.07, 6.45) is -2.78. The van der Waals surface area contributed by atoms with Crippen LogP contribution in [0.5, 0.6) is 5.88 Å². The van der Waals surface area contributed by atoms with Gasteiger partial charge in [-0.1, -0.05) is 0 Å². The van der Waals surface area contributed by atoms with Crippen molar-refractivity contribution in [2.45, 2.75) is 38.9 Å². The van der Waals surface area contributed by atoms with Gasteiger partial charge in [0.25, 0.3) is 0 Å². The molecule has 1 aliphatic heterocycles. The van der Waals surface area contributed by atoms with Crippen LogP contribution in [0.3, 0.4) is 0 Å². The molecule has 0 bridgehead atoms. The lowest BCUT2D eigenvalue weighted by Crippen LogP contribution is -2.49. The molecular weight excluding hydrogens is 379 g/mol. The summed E-state index contributed by atoms with van der Waals surface area (Å²) in [4.78, 5) is 28.8. The van der Waals surface area contributed by atoms with Crippen molar-refractivity contribution in [1.29, 1.82) is 0 Å². The van der Waals surface area contributed by atoms with Crippen molar-refractivity contribution < 1.29 is 32.6 Å². The van der Waals surface area contributed by atoms with Gasteiger partial charge in [-0.2, -0.15) is 13.2 Å². The fourth-order valence-electron chi connectivity index (χ4n) is 3.37. The first-order valence-corrected chi connectivity index (χ1v) is 8.88. The molecule has 1 saturated heterocycles. The number of carboxylic acid groups (broad SMARTS) is 1. The highest BCUT2D eigenvalue weighted by Crippen LogP contribution is 2.53. The van der Waals surface area contributed by atoms with Crippen molar-refractivity contribution in [2.75, 3.05) is 19.7 Å². The van der Waals surface area contributed by atoms with Gasteiger partial charge < -0.3 is 20.1 Å². The maximum absolute atomic E-state index is 13.0. The number of hydrogen-bond donors (Lipinski definition) is 2. The van der Waals surface area contributed by atoms with E-state index in [1.807, 2.05) is 0 Å². The number of ether oxygens (including phenoxy) is 1. The summed E-state index contributed by atoms with van der Waals surface area (Å²) in [5.41, 5.74) is -2.36. The van der Waals surface area contributed by atoms with Crippen LogP contribution in [0.4, 0.5) is 18.0 Å². The van der Waals surface area contributed by atoms with E-state index in [9.17, 15) is 27.9 Å². The minimum atomic E-state index is -4.61. The Labute approximate surface area is 159 Å². The molecule has 2 aliphatic rings. The molecule has 1 aliphatic carbocycles. The zero-order chi connectivity index (χ0) is 20.7. The SMILES string of the molecule is CC(C)(COc1ncccc1C(F)(F)F)C(=O)N[C@H]1CN(C(=O)O)CC12CC2. The predicted octanol–water partition coefficient (Wildman–Crippen LogP) is 2.76. The quantitative estimate of drug-likeness (QED) is 0.792. The molecule has 1 saturated carbocycles. The molecule has 2 heterocycles. The molecule has 1 aromatic heterocycles. The number of carbonyl (C=O) groups excluding carboxylic acids is 1. The van der Waals surface area contributed by atoms with Crippen molar-refractivity contribution in [3.63, 3.8) is 0 Å². The van der Waals surface area contributed by atoms with Crippen LogP contribution >= 0.6 is 0 Å². The van der Waals surface area contributed by atoms with E-state index in [1.165, 1.54) is 11.1 Å². The third-order valence-electron chi connectivity index (χ3n) is 5.38. The minimum Gasteiger partial charge on any atom is -0.476 e. The summed E-state index contributed by atoms with van der Waals surface area (Å²) >= 11 is 0. The number of alkyl halides is 3. The molecule has 0 radical (unpaired) electrons. The van der Waals surface area contributed by atoms with Gasteiger partial charge in [-0.05, 0) is 38.8 Å². The molecule has 2 fully saturated rings. The number of nitrogens with one attached hydrogen (secondary N) is 1. The van der Waals surface area contributed by atoms with Crippen LogP contribution in [0.2, 0.25) is 0 Å². The number of amides is 2. The van der Waals surface area contributed by atoms with E-state index in [1.54, 1.807) is 13.8 Å². The van der Waals surface area contributed by atoms with Gasteiger partial charge in [0.05, 0.1) is 11.5 Å². The summed E-state index contributed by atoms with van der Waals surface area (Å²) in [6, 6.07) is 1.72. The molecule has 7 nitrogen and oxygen atoms in total. The van der Waals surface area contributed by atoms with Gasteiger partial charge in [0, 0.05) is 24.7 Å². The maximum Gasteiger partial charge on any atom is 0.421 e. The molecule has 0 aromatic carbocycles. The largest absolute Gasteiger partial charge is 0.476 e. The second-order valence-corrected chi connectivity index (χ2v) is 8.08. The van der Waals surface area contributed by atoms with Crippen LogP contribution < -0.4 is 10.1 Å². The average Bonchev–Trinajstić information content (AvgIpc) is 3.29. The molecule has 10 heteroatoms. The number of rotatable bonds is 5. The van der Waals surface area contributed by atoms with Gasteiger partial charge in [0.2, 0.25) is 11.8 Å². The number of nitrogens with zero attached hydrogens (tertiary/aromatic N) is 2. The molecule has 2 amide bonds. The van der Waals surface area contributed by atoms with Crippen LogP contribution in [-0.4, -0.2) is 52.7 Å². The number of hydrogen-bond acceptors (Lipinski definition) is 4. The van der Waals surface area contributed by atoms with E-state index < -0.39 is 35.0 Å². The Morgan fingerprint density at radius 3 is 2.64 bits per heavy atom. The number of pyridine rings is 1. The van der Waals surface area contributed by atoms with Gasteiger partial charge >= 0.3 is 12.3 Å². The van der Waals surface area contributed by atoms with Crippen LogP contribution in [0, 0.1) is 10.8 Å². The Hall–Kier alpha value is -2.52. The lowest BCUT2D eigenvalue weighted by molar-refractivity contribution is -0.139. The first-order chi connectivity index (χ1) is 12.9. The fourth-order valence-corrected chi connectivity index (χ4v) is 3.37. The molecule has 1 spiro atoms. The topological polar surface area (TPSA) is 91.8 Å². The predicted molar refractivity (Wildman–Crippen MR) is 91.7 cm³/mol. The van der Waals surface area contributed by atoms with Crippen molar-refractivity contribution in [1.82, 2.24) is 15.2 Å². The molecular formula is C18H22F3N3O4. The Bertz CT molecular complexity index is 778. The third kappa shape index (κ3) is 4.00. The standard InChI is InChI=1S/C18H22F3N3O4/c1-16(2,10-28-13-11(18(19,20)21)4-3-7-22-13)14(25)23-12-8-24(15(26)27)9-17(12)5-6-17/h3-4,7,12H,5-6,8-10H2,1-2H3,(H,23,25)(H,26,27)/t12-/m0/s1.